The smallest absolute Gasteiger partial charge is 0.227 e. The van der Waals surface area contributed by atoms with Gasteiger partial charge in [-0.05, 0) is 29.1 Å². The lowest BCUT2D eigenvalue weighted by Crippen LogP contribution is -2.49. The fourth-order valence-corrected chi connectivity index (χ4v) is 2.86. The molecule has 1 aliphatic heterocycles. The third-order valence-corrected chi connectivity index (χ3v) is 4.11. The van der Waals surface area contributed by atoms with Gasteiger partial charge in [-0.25, -0.2) is 0 Å². The number of nitrogens with zero attached hydrogens (tertiary/aromatic N) is 2. The van der Waals surface area contributed by atoms with E-state index < -0.39 is 0 Å². The first-order valence-electron chi connectivity index (χ1n) is 7.43. The summed E-state index contributed by atoms with van der Waals surface area (Å²) in [4.78, 5) is 19.6. The molecule has 0 spiro atoms. The second kappa shape index (κ2) is 6.28. The molecule has 2 heterocycles. The zero-order chi connectivity index (χ0) is 14.7. The lowest BCUT2D eigenvalue weighted by Gasteiger charge is -2.34. The standard InChI is InChI=1S/C16H21N3O2/c20-10-9-18-5-7-19(8-6-18)16(21)12-13-1-2-15-14(11-13)3-4-17-15/h1-4,11,17,20H,5-10,12H2. The highest BCUT2D eigenvalue weighted by molar-refractivity contribution is 5.83. The summed E-state index contributed by atoms with van der Waals surface area (Å²) >= 11 is 0. The zero-order valence-corrected chi connectivity index (χ0v) is 12.1. The van der Waals surface area contributed by atoms with Crippen molar-refractivity contribution in [1.82, 2.24) is 14.8 Å². The van der Waals surface area contributed by atoms with E-state index in [1.54, 1.807) is 0 Å². The molecule has 0 radical (unpaired) electrons. The minimum Gasteiger partial charge on any atom is -0.395 e. The number of carbonyl (C=O) groups excluding carboxylic acids is 1. The lowest BCUT2D eigenvalue weighted by atomic mass is 10.1. The molecule has 2 aromatic rings. The van der Waals surface area contributed by atoms with Crippen molar-refractivity contribution in [3.63, 3.8) is 0 Å². The van der Waals surface area contributed by atoms with Crippen LogP contribution < -0.4 is 0 Å². The van der Waals surface area contributed by atoms with Crippen LogP contribution >= 0.6 is 0 Å². The van der Waals surface area contributed by atoms with Gasteiger partial charge < -0.3 is 15.0 Å². The zero-order valence-electron chi connectivity index (χ0n) is 12.1. The number of rotatable bonds is 4. The molecule has 0 saturated carbocycles. The van der Waals surface area contributed by atoms with Crippen LogP contribution in [-0.4, -0.2) is 65.1 Å². The van der Waals surface area contributed by atoms with Gasteiger partial charge in [0, 0.05) is 44.4 Å². The molecular weight excluding hydrogens is 266 g/mol. The Hall–Kier alpha value is -1.85. The molecular formula is C16H21N3O2. The molecule has 0 atom stereocenters. The normalized spacial score (nSPS) is 16.5. The Kier molecular flexibility index (Phi) is 4.22. The van der Waals surface area contributed by atoms with Crippen molar-refractivity contribution >= 4 is 16.8 Å². The van der Waals surface area contributed by atoms with Crippen molar-refractivity contribution < 1.29 is 9.90 Å². The number of benzene rings is 1. The number of hydrogen-bond acceptors (Lipinski definition) is 3. The van der Waals surface area contributed by atoms with Gasteiger partial charge in [0.1, 0.15) is 0 Å². The first-order chi connectivity index (χ1) is 10.3. The summed E-state index contributed by atoms with van der Waals surface area (Å²) in [5.41, 5.74) is 2.16. The van der Waals surface area contributed by atoms with Crippen molar-refractivity contribution in [2.45, 2.75) is 6.42 Å². The highest BCUT2D eigenvalue weighted by Gasteiger charge is 2.20. The summed E-state index contributed by atoms with van der Waals surface area (Å²) in [5, 5.41) is 10.1. The molecule has 112 valence electrons. The molecule has 1 saturated heterocycles. The van der Waals surface area contributed by atoms with Crippen molar-refractivity contribution in [2.75, 3.05) is 39.3 Å². The van der Waals surface area contributed by atoms with Crippen molar-refractivity contribution in [1.29, 1.82) is 0 Å². The summed E-state index contributed by atoms with van der Waals surface area (Å²) in [6.45, 7) is 4.10. The van der Waals surface area contributed by atoms with Gasteiger partial charge in [-0.15, -0.1) is 0 Å². The van der Waals surface area contributed by atoms with E-state index in [0.29, 0.717) is 13.0 Å². The van der Waals surface area contributed by atoms with Gasteiger partial charge in [0.2, 0.25) is 5.91 Å². The Balaban J connectivity index is 1.58. The van der Waals surface area contributed by atoms with Gasteiger partial charge in [0.15, 0.2) is 0 Å². The minimum absolute atomic E-state index is 0.185. The first kappa shape index (κ1) is 14.1. The van der Waals surface area contributed by atoms with Gasteiger partial charge >= 0.3 is 0 Å². The highest BCUT2D eigenvalue weighted by atomic mass is 16.3. The van der Waals surface area contributed by atoms with E-state index in [-0.39, 0.29) is 12.5 Å². The average molecular weight is 287 g/mol. The maximum absolute atomic E-state index is 12.4. The van der Waals surface area contributed by atoms with E-state index in [0.717, 1.165) is 42.6 Å². The monoisotopic (exact) mass is 287 g/mol. The molecule has 0 unspecified atom stereocenters. The predicted molar refractivity (Wildman–Crippen MR) is 82.1 cm³/mol. The summed E-state index contributed by atoms with van der Waals surface area (Å²) in [6.07, 6.45) is 2.37. The van der Waals surface area contributed by atoms with Crippen molar-refractivity contribution in [2.24, 2.45) is 0 Å². The van der Waals surface area contributed by atoms with Crippen LogP contribution in [0.3, 0.4) is 0 Å². The molecule has 1 amide bonds. The number of carbonyl (C=O) groups is 1. The number of aromatic amines is 1. The van der Waals surface area contributed by atoms with Gasteiger partial charge in [0.25, 0.3) is 0 Å². The largest absolute Gasteiger partial charge is 0.395 e. The van der Waals surface area contributed by atoms with Crippen LogP contribution in [0.2, 0.25) is 0 Å². The van der Waals surface area contributed by atoms with Crippen LogP contribution in [0.15, 0.2) is 30.5 Å². The Morgan fingerprint density at radius 2 is 2.00 bits per heavy atom. The third kappa shape index (κ3) is 3.25. The number of β-amino-alcohol motifs (C(OH)–C–C–N with tert-alkyl or cyclic N) is 1. The fourth-order valence-electron chi connectivity index (χ4n) is 2.86. The second-order valence-corrected chi connectivity index (χ2v) is 5.52. The number of aliphatic hydroxyl groups excluding tert-OH is 1. The number of fused-ring (bicyclic) bond motifs is 1. The van der Waals surface area contributed by atoms with Gasteiger partial charge in [-0.3, -0.25) is 9.69 Å². The minimum atomic E-state index is 0.185. The number of H-pyrrole nitrogens is 1. The molecule has 1 aliphatic rings. The molecule has 0 bridgehead atoms. The quantitative estimate of drug-likeness (QED) is 0.876. The molecule has 21 heavy (non-hydrogen) atoms. The highest BCUT2D eigenvalue weighted by Crippen LogP contribution is 2.15. The number of nitrogens with one attached hydrogen (secondary N) is 1. The van der Waals surface area contributed by atoms with Crippen LogP contribution in [0, 0.1) is 0 Å². The van der Waals surface area contributed by atoms with Crippen LogP contribution in [0.5, 0.6) is 0 Å². The molecule has 5 nitrogen and oxygen atoms in total. The van der Waals surface area contributed by atoms with E-state index in [9.17, 15) is 4.79 Å². The second-order valence-electron chi connectivity index (χ2n) is 5.52. The Morgan fingerprint density at radius 1 is 1.19 bits per heavy atom. The maximum atomic E-state index is 12.4. The Bertz CT molecular complexity index is 615. The number of aliphatic hydroxyl groups is 1. The number of aromatic nitrogens is 1. The average Bonchev–Trinajstić information content (AvgIpc) is 2.96. The van der Waals surface area contributed by atoms with E-state index >= 15 is 0 Å². The molecule has 2 N–H and O–H groups in total. The SMILES string of the molecule is O=C(Cc1ccc2[nH]ccc2c1)N1CCN(CCO)CC1. The number of hydrogen-bond donors (Lipinski definition) is 2. The first-order valence-corrected chi connectivity index (χ1v) is 7.43. The van der Waals surface area contributed by atoms with E-state index in [1.807, 2.05) is 29.3 Å². The van der Waals surface area contributed by atoms with E-state index in [2.05, 4.69) is 16.0 Å². The number of amides is 1. The summed E-state index contributed by atoms with van der Waals surface area (Å²) in [5.74, 6) is 0.188. The summed E-state index contributed by atoms with van der Waals surface area (Å²) in [7, 11) is 0. The third-order valence-electron chi connectivity index (χ3n) is 4.11. The van der Waals surface area contributed by atoms with Crippen molar-refractivity contribution in [3.05, 3.63) is 36.0 Å². The molecule has 3 rings (SSSR count). The maximum Gasteiger partial charge on any atom is 0.227 e. The summed E-state index contributed by atoms with van der Waals surface area (Å²) in [6, 6.07) is 8.14. The molecule has 5 heteroatoms. The number of piperazine rings is 1. The molecule has 1 aromatic heterocycles. The van der Waals surface area contributed by atoms with Gasteiger partial charge in [0.05, 0.1) is 13.0 Å². The lowest BCUT2D eigenvalue weighted by molar-refractivity contribution is -0.132. The molecule has 1 aromatic carbocycles. The van der Waals surface area contributed by atoms with Gasteiger partial charge in [-0.1, -0.05) is 6.07 Å². The van der Waals surface area contributed by atoms with E-state index in [1.165, 1.54) is 0 Å². The predicted octanol–water partition coefficient (Wildman–Crippen LogP) is 0.847. The topological polar surface area (TPSA) is 59.6 Å². The van der Waals surface area contributed by atoms with Crippen LogP contribution in [0.25, 0.3) is 10.9 Å². The Morgan fingerprint density at radius 3 is 2.76 bits per heavy atom. The molecule has 0 aliphatic carbocycles. The Labute approximate surface area is 124 Å². The van der Waals surface area contributed by atoms with Crippen LogP contribution in [0.1, 0.15) is 5.56 Å². The van der Waals surface area contributed by atoms with Crippen molar-refractivity contribution in [3.8, 4) is 0 Å². The molecule has 1 fully saturated rings. The van der Waals surface area contributed by atoms with Crippen LogP contribution in [0.4, 0.5) is 0 Å². The summed E-state index contributed by atoms with van der Waals surface area (Å²) < 4.78 is 0. The van der Waals surface area contributed by atoms with Crippen LogP contribution in [-0.2, 0) is 11.2 Å². The van der Waals surface area contributed by atoms with E-state index in [4.69, 9.17) is 5.11 Å². The van der Waals surface area contributed by atoms with Gasteiger partial charge in [-0.2, -0.15) is 0 Å². The fraction of sp³-hybridized carbons (Fsp3) is 0.438.